The van der Waals surface area contributed by atoms with E-state index >= 15 is 0 Å². The molecule has 0 radical (unpaired) electrons. The molecule has 1 heterocycles. The SMILES string of the molecule is C#CCOCCOCCOCCO[C@H]1O[C@H](COC(C)=O)[C@@H](OC(C)=O)[C@H](OC(C)=O)[C@@H]1OC(C)=O. The standard InChI is InChI=1S/C23H34O13/c1-6-7-28-8-9-29-10-11-30-12-13-31-23-22(35-18(5)27)21(34-17(4)26)20(33-16(3)25)19(36-23)14-32-15(2)24/h1,19-23H,7-14H2,2-5H3/t19-,20-,21+,22+,23+/m1/s1. The quantitative estimate of drug-likeness (QED) is 0.115. The van der Waals surface area contributed by atoms with Crippen LogP contribution in [0.5, 0.6) is 0 Å². The van der Waals surface area contributed by atoms with Gasteiger partial charge in [-0.3, -0.25) is 19.2 Å². The lowest BCUT2D eigenvalue weighted by Crippen LogP contribution is -2.63. The molecule has 204 valence electrons. The number of terminal acetylenes is 1. The third kappa shape index (κ3) is 12.8. The van der Waals surface area contributed by atoms with Gasteiger partial charge in [0.2, 0.25) is 0 Å². The van der Waals surface area contributed by atoms with E-state index < -0.39 is 54.6 Å². The first-order valence-corrected chi connectivity index (χ1v) is 11.2. The fraction of sp³-hybridized carbons (Fsp3) is 0.739. The van der Waals surface area contributed by atoms with Crippen LogP contribution >= 0.6 is 0 Å². The molecular weight excluding hydrogens is 484 g/mol. The summed E-state index contributed by atoms with van der Waals surface area (Å²) in [5.74, 6) is -0.418. The highest BCUT2D eigenvalue weighted by atomic mass is 16.7. The molecule has 0 aromatic rings. The molecule has 0 saturated carbocycles. The van der Waals surface area contributed by atoms with Gasteiger partial charge in [-0.15, -0.1) is 6.42 Å². The predicted octanol–water partition coefficient (Wildman–Crippen LogP) is -0.231. The van der Waals surface area contributed by atoms with Crippen molar-refractivity contribution in [1.82, 2.24) is 0 Å². The van der Waals surface area contributed by atoms with Crippen molar-refractivity contribution in [1.29, 1.82) is 0 Å². The summed E-state index contributed by atoms with van der Waals surface area (Å²) in [6.45, 7) is 5.96. The maximum atomic E-state index is 11.8. The van der Waals surface area contributed by atoms with Gasteiger partial charge in [-0.25, -0.2) is 0 Å². The molecule has 1 aliphatic rings. The van der Waals surface area contributed by atoms with Crippen LogP contribution < -0.4 is 0 Å². The van der Waals surface area contributed by atoms with Crippen LogP contribution in [-0.2, 0) is 61.8 Å². The highest BCUT2D eigenvalue weighted by Crippen LogP contribution is 2.29. The molecule has 0 bridgehead atoms. The van der Waals surface area contributed by atoms with Crippen LogP contribution in [0.3, 0.4) is 0 Å². The van der Waals surface area contributed by atoms with E-state index in [-0.39, 0.29) is 33.0 Å². The second-order valence-corrected chi connectivity index (χ2v) is 7.42. The summed E-state index contributed by atoms with van der Waals surface area (Å²) in [4.78, 5) is 46.6. The first kappa shape index (κ1) is 31.3. The minimum absolute atomic E-state index is 0.000971. The predicted molar refractivity (Wildman–Crippen MR) is 119 cm³/mol. The highest BCUT2D eigenvalue weighted by Gasteiger charge is 2.52. The molecule has 0 aliphatic carbocycles. The van der Waals surface area contributed by atoms with Gasteiger partial charge in [0, 0.05) is 27.7 Å². The fourth-order valence-corrected chi connectivity index (χ4v) is 3.12. The summed E-state index contributed by atoms with van der Waals surface area (Å²) < 4.78 is 48.3. The molecular formula is C23H34O13. The molecule has 0 unspecified atom stereocenters. The van der Waals surface area contributed by atoms with Crippen molar-refractivity contribution in [3.63, 3.8) is 0 Å². The molecule has 13 nitrogen and oxygen atoms in total. The van der Waals surface area contributed by atoms with Crippen molar-refractivity contribution in [3.05, 3.63) is 0 Å². The van der Waals surface area contributed by atoms with Gasteiger partial charge < -0.3 is 42.6 Å². The minimum atomic E-state index is -1.29. The van der Waals surface area contributed by atoms with E-state index in [2.05, 4.69) is 5.92 Å². The Morgan fingerprint density at radius 1 is 0.694 bits per heavy atom. The van der Waals surface area contributed by atoms with E-state index in [1.807, 2.05) is 0 Å². The average Bonchev–Trinajstić information content (AvgIpc) is 2.78. The molecule has 0 amide bonds. The number of carbonyl (C=O) groups is 4. The molecule has 5 atom stereocenters. The Labute approximate surface area is 209 Å². The fourth-order valence-electron chi connectivity index (χ4n) is 3.12. The minimum Gasteiger partial charge on any atom is -0.463 e. The summed E-state index contributed by atoms with van der Waals surface area (Å²) >= 11 is 0. The van der Waals surface area contributed by atoms with Gasteiger partial charge in [0.1, 0.15) is 19.3 Å². The van der Waals surface area contributed by atoms with Gasteiger partial charge in [0.15, 0.2) is 24.6 Å². The molecule has 1 aliphatic heterocycles. The Morgan fingerprint density at radius 3 is 1.72 bits per heavy atom. The van der Waals surface area contributed by atoms with E-state index in [4.69, 9.17) is 49.1 Å². The van der Waals surface area contributed by atoms with Gasteiger partial charge in [0.05, 0.1) is 39.6 Å². The van der Waals surface area contributed by atoms with Crippen LogP contribution in [0.1, 0.15) is 27.7 Å². The van der Waals surface area contributed by atoms with Crippen LogP contribution in [0.25, 0.3) is 0 Å². The summed E-state index contributed by atoms with van der Waals surface area (Å²) in [5, 5.41) is 0. The zero-order chi connectivity index (χ0) is 26.9. The third-order valence-corrected chi connectivity index (χ3v) is 4.39. The number of esters is 4. The van der Waals surface area contributed by atoms with Gasteiger partial charge in [-0.05, 0) is 0 Å². The maximum Gasteiger partial charge on any atom is 0.303 e. The zero-order valence-electron chi connectivity index (χ0n) is 20.9. The second kappa shape index (κ2) is 17.6. The van der Waals surface area contributed by atoms with Crippen LogP contribution in [0.2, 0.25) is 0 Å². The summed E-state index contributed by atoms with van der Waals surface area (Å²) in [6.07, 6.45) is -1.08. The van der Waals surface area contributed by atoms with E-state index in [1.165, 1.54) is 6.92 Å². The maximum absolute atomic E-state index is 11.8. The first-order chi connectivity index (χ1) is 17.1. The summed E-state index contributed by atoms with van der Waals surface area (Å²) in [6, 6.07) is 0. The van der Waals surface area contributed by atoms with Gasteiger partial charge in [-0.2, -0.15) is 0 Å². The van der Waals surface area contributed by atoms with Crippen molar-refractivity contribution in [2.24, 2.45) is 0 Å². The number of rotatable bonds is 16. The monoisotopic (exact) mass is 518 g/mol. The second-order valence-electron chi connectivity index (χ2n) is 7.42. The lowest BCUT2D eigenvalue weighted by Gasteiger charge is -2.44. The number of hydrogen-bond donors (Lipinski definition) is 0. The Bertz CT molecular complexity index is 747. The lowest BCUT2D eigenvalue weighted by molar-refractivity contribution is -0.309. The van der Waals surface area contributed by atoms with E-state index in [9.17, 15) is 19.2 Å². The Morgan fingerprint density at radius 2 is 1.19 bits per heavy atom. The van der Waals surface area contributed by atoms with Crippen molar-refractivity contribution in [3.8, 4) is 12.3 Å². The lowest BCUT2D eigenvalue weighted by atomic mass is 9.98. The van der Waals surface area contributed by atoms with E-state index in [0.29, 0.717) is 19.8 Å². The normalized spacial score (nSPS) is 23.2. The van der Waals surface area contributed by atoms with Crippen molar-refractivity contribution in [2.45, 2.75) is 58.4 Å². The highest BCUT2D eigenvalue weighted by molar-refractivity contribution is 5.68. The topological polar surface area (TPSA) is 151 Å². The van der Waals surface area contributed by atoms with Crippen molar-refractivity contribution >= 4 is 23.9 Å². The van der Waals surface area contributed by atoms with Crippen LogP contribution in [-0.4, -0.2) is 107 Å². The molecule has 1 rings (SSSR count). The molecule has 1 fully saturated rings. The summed E-state index contributed by atoms with van der Waals surface area (Å²) in [7, 11) is 0. The van der Waals surface area contributed by atoms with Crippen molar-refractivity contribution < 1.29 is 61.8 Å². The molecule has 13 heteroatoms. The number of hydrogen-bond acceptors (Lipinski definition) is 13. The molecule has 0 N–H and O–H groups in total. The van der Waals surface area contributed by atoms with Crippen LogP contribution in [0, 0.1) is 12.3 Å². The number of carbonyl (C=O) groups excluding carboxylic acids is 4. The van der Waals surface area contributed by atoms with E-state index in [1.54, 1.807) is 0 Å². The summed E-state index contributed by atoms with van der Waals surface area (Å²) in [5.41, 5.74) is 0. The van der Waals surface area contributed by atoms with Gasteiger partial charge in [0.25, 0.3) is 0 Å². The van der Waals surface area contributed by atoms with E-state index in [0.717, 1.165) is 20.8 Å². The van der Waals surface area contributed by atoms with Crippen LogP contribution in [0.15, 0.2) is 0 Å². The van der Waals surface area contributed by atoms with Gasteiger partial charge >= 0.3 is 23.9 Å². The first-order valence-electron chi connectivity index (χ1n) is 11.2. The van der Waals surface area contributed by atoms with Crippen molar-refractivity contribution in [2.75, 3.05) is 52.9 Å². The molecule has 0 spiro atoms. The smallest absolute Gasteiger partial charge is 0.303 e. The Balaban J connectivity index is 2.77. The third-order valence-electron chi connectivity index (χ3n) is 4.39. The number of ether oxygens (including phenoxy) is 9. The largest absolute Gasteiger partial charge is 0.463 e. The molecule has 1 saturated heterocycles. The molecule has 0 aromatic heterocycles. The Kier molecular flexibility index (Phi) is 15.3. The average molecular weight is 519 g/mol. The van der Waals surface area contributed by atoms with Crippen LogP contribution in [0.4, 0.5) is 0 Å². The Hall–Kier alpha value is -2.76. The molecule has 0 aromatic carbocycles. The van der Waals surface area contributed by atoms with Gasteiger partial charge in [-0.1, -0.05) is 5.92 Å². The molecule has 36 heavy (non-hydrogen) atoms. The zero-order valence-corrected chi connectivity index (χ0v) is 20.9.